The summed E-state index contributed by atoms with van der Waals surface area (Å²) in [5, 5.41) is 14.8. The lowest BCUT2D eigenvalue weighted by Gasteiger charge is -2.36. The summed E-state index contributed by atoms with van der Waals surface area (Å²) in [7, 11) is 0. The van der Waals surface area contributed by atoms with Crippen molar-refractivity contribution < 1.29 is 14.7 Å². The van der Waals surface area contributed by atoms with Gasteiger partial charge in [-0.1, -0.05) is 33.1 Å². The Labute approximate surface area is 121 Å². The van der Waals surface area contributed by atoms with Crippen LogP contribution in [-0.2, 0) is 4.79 Å². The van der Waals surface area contributed by atoms with Gasteiger partial charge in [0.25, 0.3) is 0 Å². The second-order valence-corrected chi connectivity index (χ2v) is 6.49. The highest BCUT2D eigenvalue weighted by atomic mass is 16.4. The van der Waals surface area contributed by atoms with E-state index in [1.54, 1.807) is 0 Å². The van der Waals surface area contributed by atoms with Gasteiger partial charge in [-0.05, 0) is 31.1 Å². The molecule has 1 atom stereocenters. The number of urea groups is 1. The molecule has 0 aromatic rings. The lowest BCUT2D eigenvalue weighted by molar-refractivity contribution is -0.140. The summed E-state index contributed by atoms with van der Waals surface area (Å²) < 4.78 is 0. The first-order valence-electron chi connectivity index (χ1n) is 7.61. The van der Waals surface area contributed by atoms with E-state index >= 15 is 0 Å². The number of carbonyl (C=O) groups excluding carboxylic acids is 1. The van der Waals surface area contributed by atoms with Crippen LogP contribution in [0.5, 0.6) is 0 Å². The number of nitrogens with one attached hydrogen (secondary N) is 2. The highest BCUT2D eigenvalue weighted by molar-refractivity contribution is 5.74. The molecule has 1 aliphatic carbocycles. The highest BCUT2D eigenvalue weighted by Crippen LogP contribution is 2.38. The fourth-order valence-corrected chi connectivity index (χ4v) is 2.73. The summed E-state index contributed by atoms with van der Waals surface area (Å²) in [6.45, 7) is 6.53. The van der Waals surface area contributed by atoms with Crippen molar-refractivity contribution in [1.82, 2.24) is 10.6 Å². The van der Waals surface area contributed by atoms with E-state index in [0.29, 0.717) is 12.5 Å². The average Bonchev–Trinajstić information content (AvgIpc) is 2.36. The van der Waals surface area contributed by atoms with Crippen LogP contribution in [0, 0.1) is 11.3 Å². The fraction of sp³-hybridized carbons (Fsp3) is 0.867. The topological polar surface area (TPSA) is 78.4 Å². The van der Waals surface area contributed by atoms with Crippen LogP contribution < -0.4 is 10.6 Å². The first-order valence-corrected chi connectivity index (χ1v) is 7.61. The molecule has 20 heavy (non-hydrogen) atoms. The first kappa shape index (κ1) is 16.8. The van der Waals surface area contributed by atoms with Crippen LogP contribution in [0.15, 0.2) is 0 Å². The fourth-order valence-electron chi connectivity index (χ4n) is 2.73. The third-order valence-electron chi connectivity index (χ3n) is 4.42. The molecule has 1 fully saturated rings. The molecule has 0 aliphatic heterocycles. The lowest BCUT2D eigenvalue weighted by atomic mass is 9.72. The maximum absolute atomic E-state index is 11.9. The van der Waals surface area contributed by atoms with Crippen molar-refractivity contribution in [3.05, 3.63) is 0 Å². The molecule has 0 heterocycles. The molecule has 0 spiro atoms. The van der Waals surface area contributed by atoms with E-state index in [0.717, 1.165) is 32.1 Å². The number of carboxylic acids is 1. The average molecular weight is 284 g/mol. The molecule has 2 amide bonds. The van der Waals surface area contributed by atoms with Gasteiger partial charge < -0.3 is 15.7 Å². The van der Waals surface area contributed by atoms with Gasteiger partial charge in [0.15, 0.2) is 0 Å². The van der Waals surface area contributed by atoms with E-state index in [-0.39, 0.29) is 23.9 Å². The summed E-state index contributed by atoms with van der Waals surface area (Å²) in [5.74, 6) is -0.395. The molecule has 1 unspecified atom stereocenters. The normalized spacial score (nSPS) is 19.4. The maximum atomic E-state index is 11.9. The molecule has 0 aromatic carbocycles. The minimum Gasteiger partial charge on any atom is -0.481 e. The Hall–Kier alpha value is -1.26. The number of hydrogen-bond donors (Lipinski definition) is 3. The Morgan fingerprint density at radius 1 is 1.15 bits per heavy atom. The standard InChI is InChI=1S/C15H28N2O3/c1-11(2)12(3)17-14(20)16-10-15(9-13(18)19)7-5-4-6-8-15/h11-12H,4-10H2,1-3H3,(H,18,19)(H2,16,17,20). The molecular weight excluding hydrogens is 256 g/mol. The van der Waals surface area contributed by atoms with Gasteiger partial charge in [-0.3, -0.25) is 4.79 Å². The minimum atomic E-state index is -0.773. The van der Waals surface area contributed by atoms with Gasteiger partial charge in [-0.2, -0.15) is 0 Å². The third kappa shape index (κ3) is 5.39. The first-order chi connectivity index (χ1) is 9.34. The van der Waals surface area contributed by atoms with E-state index in [9.17, 15) is 9.59 Å². The lowest BCUT2D eigenvalue weighted by Crippen LogP contribution is -2.47. The molecule has 116 valence electrons. The molecule has 1 saturated carbocycles. The third-order valence-corrected chi connectivity index (χ3v) is 4.42. The zero-order valence-electron chi connectivity index (χ0n) is 12.9. The minimum absolute atomic E-state index is 0.108. The van der Waals surface area contributed by atoms with E-state index in [1.807, 2.05) is 6.92 Å². The largest absolute Gasteiger partial charge is 0.481 e. The second-order valence-electron chi connectivity index (χ2n) is 6.49. The van der Waals surface area contributed by atoms with E-state index < -0.39 is 5.97 Å². The van der Waals surface area contributed by atoms with Crippen molar-refractivity contribution >= 4 is 12.0 Å². The van der Waals surface area contributed by atoms with Gasteiger partial charge >= 0.3 is 12.0 Å². The molecule has 0 saturated heterocycles. The molecule has 0 aromatic heterocycles. The van der Waals surface area contributed by atoms with Gasteiger partial charge in [0.05, 0.1) is 6.42 Å². The number of aliphatic carboxylic acids is 1. The molecule has 5 heteroatoms. The quantitative estimate of drug-likeness (QED) is 0.701. The summed E-state index contributed by atoms with van der Waals surface area (Å²) in [4.78, 5) is 22.9. The zero-order valence-corrected chi connectivity index (χ0v) is 12.9. The molecule has 5 nitrogen and oxygen atoms in total. The summed E-state index contributed by atoms with van der Waals surface area (Å²) in [6.07, 6.45) is 5.20. The van der Waals surface area contributed by atoms with Crippen LogP contribution >= 0.6 is 0 Å². The summed E-state index contributed by atoms with van der Waals surface area (Å²) in [6, 6.07) is -0.0849. The number of hydrogen-bond acceptors (Lipinski definition) is 2. The predicted molar refractivity (Wildman–Crippen MR) is 78.6 cm³/mol. The van der Waals surface area contributed by atoms with Gasteiger partial charge in [0, 0.05) is 12.6 Å². The van der Waals surface area contributed by atoms with E-state index in [2.05, 4.69) is 24.5 Å². The van der Waals surface area contributed by atoms with Crippen LogP contribution in [0.4, 0.5) is 4.79 Å². The smallest absolute Gasteiger partial charge is 0.315 e. The highest BCUT2D eigenvalue weighted by Gasteiger charge is 2.34. The molecule has 0 radical (unpaired) electrons. The second kappa shape index (κ2) is 7.50. The summed E-state index contributed by atoms with van der Waals surface area (Å²) in [5.41, 5.74) is -0.261. The Balaban J connectivity index is 2.49. The van der Waals surface area contributed by atoms with Gasteiger partial charge in [0.1, 0.15) is 0 Å². The summed E-state index contributed by atoms with van der Waals surface area (Å²) >= 11 is 0. The Bertz CT molecular complexity index is 336. The van der Waals surface area contributed by atoms with E-state index in [4.69, 9.17) is 5.11 Å². The van der Waals surface area contributed by atoms with Crippen molar-refractivity contribution in [3.63, 3.8) is 0 Å². The van der Waals surface area contributed by atoms with Crippen molar-refractivity contribution in [3.8, 4) is 0 Å². The van der Waals surface area contributed by atoms with Crippen molar-refractivity contribution in [1.29, 1.82) is 0 Å². The maximum Gasteiger partial charge on any atom is 0.315 e. The predicted octanol–water partition coefficient (Wildman–Crippen LogP) is 2.76. The molecule has 1 rings (SSSR count). The van der Waals surface area contributed by atoms with E-state index in [1.165, 1.54) is 0 Å². The van der Waals surface area contributed by atoms with Crippen LogP contribution in [-0.4, -0.2) is 29.7 Å². The number of amides is 2. The van der Waals surface area contributed by atoms with Crippen LogP contribution in [0.3, 0.4) is 0 Å². The number of carbonyl (C=O) groups is 2. The van der Waals surface area contributed by atoms with Crippen LogP contribution in [0.2, 0.25) is 0 Å². The van der Waals surface area contributed by atoms with Crippen LogP contribution in [0.25, 0.3) is 0 Å². The molecular formula is C15H28N2O3. The van der Waals surface area contributed by atoms with Crippen molar-refractivity contribution in [2.45, 2.75) is 65.3 Å². The van der Waals surface area contributed by atoms with Crippen molar-refractivity contribution in [2.75, 3.05) is 6.54 Å². The zero-order chi connectivity index (χ0) is 15.2. The molecule has 1 aliphatic rings. The Morgan fingerprint density at radius 2 is 1.75 bits per heavy atom. The Morgan fingerprint density at radius 3 is 2.25 bits per heavy atom. The van der Waals surface area contributed by atoms with Gasteiger partial charge in [-0.15, -0.1) is 0 Å². The SMILES string of the molecule is CC(C)C(C)NC(=O)NCC1(CC(=O)O)CCCCC1. The van der Waals surface area contributed by atoms with Crippen molar-refractivity contribution in [2.24, 2.45) is 11.3 Å². The molecule has 3 N–H and O–H groups in total. The van der Waals surface area contributed by atoms with Crippen LogP contribution in [0.1, 0.15) is 59.3 Å². The van der Waals surface area contributed by atoms with Gasteiger partial charge in [-0.25, -0.2) is 4.79 Å². The molecule has 0 bridgehead atoms. The number of carboxylic acid groups (broad SMARTS) is 1. The number of rotatable bonds is 6. The monoisotopic (exact) mass is 284 g/mol. The van der Waals surface area contributed by atoms with Gasteiger partial charge in [0.2, 0.25) is 0 Å². The Kier molecular flexibility index (Phi) is 6.30.